The number of anilines is 1. The first kappa shape index (κ1) is 18.6. The van der Waals surface area contributed by atoms with Crippen LogP contribution in [0.4, 0.5) is 18.9 Å². The average molecular weight is 363 g/mol. The summed E-state index contributed by atoms with van der Waals surface area (Å²) in [5, 5.41) is 1.97. The number of benzene rings is 1. The normalized spacial score (nSPS) is 21.5. The number of likely N-dealkylation sites (tertiary alicyclic amines) is 1. The summed E-state index contributed by atoms with van der Waals surface area (Å²) < 4.78 is 39.2. The van der Waals surface area contributed by atoms with Gasteiger partial charge in [0.2, 0.25) is 0 Å². The van der Waals surface area contributed by atoms with E-state index in [0.29, 0.717) is 6.07 Å². The second-order valence-corrected chi connectivity index (χ2v) is 6.42. The Kier molecular flexibility index (Phi) is 5.42. The number of amides is 2. The molecule has 2 unspecified atom stereocenters. The van der Waals surface area contributed by atoms with Gasteiger partial charge in [0.25, 0.3) is 0 Å². The molecule has 1 aromatic rings. The number of piperidine rings is 1. The van der Waals surface area contributed by atoms with Gasteiger partial charge in [-0.25, -0.2) is 0 Å². The van der Waals surface area contributed by atoms with Crippen molar-refractivity contribution >= 4 is 29.1 Å². The molecule has 8 heteroatoms. The van der Waals surface area contributed by atoms with Crippen LogP contribution in [0.15, 0.2) is 18.2 Å². The van der Waals surface area contributed by atoms with Crippen LogP contribution < -0.4 is 5.32 Å². The van der Waals surface area contributed by atoms with Crippen LogP contribution >= 0.6 is 11.6 Å². The van der Waals surface area contributed by atoms with Crippen molar-refractivity contribution in [3.05, 3.63) is 28.8 Å². The number of alkyl halides is 3. The molecule has 2 atom stereocenters. The van der Waals surface area contributed by atoms with Crippen molar-refractivity contribution in [1.29, 1.82) is 0 Å². The molecule has 2 rings (SSSR count). The molecule has 0 bridgehead atoms. The zero-order valence-corrected chi connectivity index (χ0v) is 14.0. The Bertz CT molecular complexity index is 639. The van der Waals surface area contributed by atoms with Gasteiger partial charge in [-0.1, -0.05) is 11.6 Å². The number of rotatable bonds is 1. The van der Waals surface area contributed by atoms with Crippen molar-refractivity contribution in [2.45, 2.75) is 51.4 Å². The summed E-state index contributed by atoms with van der Waals surface area (Å²) >= 11 is 5.59. The van der Waals surface area contributed by atoms with Crippen molar-refractivity contribution in [2.75, 3.05) is 5.32 Å². The molecule has 132 valence electrons. The fraction of sp³-hybridized carbons (Fsp3) is 0.500. The maximum atomic E-state index is 13.1. The molecular formula is C16H18ClF3N2O2. The first-order valence-corrected chi connectivity index (χ1v) is 7.99. The molecule has 0 aromatic heterocycles. The highest BCUT2D eigenvalue weighted by molar-refractivity contribution is 6.39. The number of carbonyl (C=O) groups excluding carboxylic acids is 2. The lowest BCUT2D eigenvalue weighted by Crippen LogP contribution is -2.51. The molecule has 24 heavy (non-hydrogen) atoms. The van der Waals surface area contributed by atoms with Gasteiger partial charge in [-0.3, -0.25) is 9.59 Å². The number of nitrogens with zero attached hydrogens (tertiary/aromatic N) is 1. The standard InChI is InChI=1S/C16H18ClF3N2O2/c1-9-4-3-5-10(2)22(9)15(24)14(23)21-13-7-6-11(17)8-12(13)16(18,19)20/h6-10H,3-5H2,1-2H3,(H,21,23). The lowest BCUT2D eigenvalue weighted by Gasteiger charge is -2.38. The predicted octanol–water partition coefficient (Wildman–Crippen LogP) is 4.09. The molecule has 1 aromatic carbocycles. The Balaban J connectivity index is 2.22. The molecule has 1 aliphatic rings. The monoisotopic (exact) mass is 362 g/mol. The molecule has 1 saturated heterocycles. The van der Waals surface area contributed by atoms with Gasteiger partial charge >= 0.3 is 18.0 Å². The van der Waals surface area contributed by atoms with Crippen LogP contribution in [0, 0.1) is 0 Å². The second kappa shape index (κ2) is 7.01. The maximum absolute atomic E-state index is 13.1. The molecule has 0 saturated carbocycles. The Hall–Kier alpha value is -1.76. The summed E-state index contributed by atoms with van der Waals surface area (Å²) in [6.07, 6.45) is -2.22. The second-order valence-electron chi connectivity index (χ2n) is 5.98. The summed E-state index contributed by atoms with van der Waals surface area (Å²) in [5.41, 5.74) is -1.57. The molecule has 0 radical (unpaired) electrons. The van der Waals surface area contributed by atoms with E-state index in [1.54, 1.807) is 0 Å². The molecule has 1 N–H and O–H groups in total. The summed E-state index contributed by atoms with van der Waals surface area (Å²) in [4.78, 5) is 26.0. The van der Waals surface area contributed by atoms with Crippen LogP contribution in [0.1, 0.15) is 38.7 Å². The van der Waals surface area contributed by atoms with E-state index in [1.165, 1.54) is 11.0 Å². The lowest BCUT2D eigenvalue weighted by atomic mass is 9.97. The van der Waals surface area contributed by atoms with E-state index in [-0.39, 0.29) is 17.1 Å². The zero-order chi connectivity index (χ0) is 18.1. The molecule has 2 amide bonds. The molecule has 4 nitrogen and oxygen atoms in total. The molecular weight excluding hydrogens is 345 g/mol. The minimum atomic E-state index is -4.69. The minimum absolute atomic E-state index is 0.107. The summed E-state index contributed by atoms with van der Waals surface area (Å²) in [5.74, 6) is -1.90. The summed E-state index contributed by atoms with van der Waals surface area (Å²) in [6.45, 7) is 3.65. The van der Waals surface area contributed by atoms with E-state index in [0.717, 1.165) is 25.3 Å². The third-order valence-corrected chi connectivity index (χ3v) is 4.39. The van der Waals surface area contributed by atoms with E-state index in [9.17, 15) is 22.8 Å². The van der Waals surface area contributed by atoms with E-state index in [2.05, 4.69) is 5.32 Å². The summed E-state index contributed by atoms with van der Waals surface area (Å²) in [7, 11) is 0. The Labute approximate surface area is 143 Å². The molecule has 1 aliphatic heterocycles. The summed E-state index contributed by atoms with van der Waals surface area (Å²) in [6, 6.07) is 2.73. The van der Waals surface area contributed by atoms with E-state index in [4.69, 9.17) is 11.6 Å². The van der Waals surface area contributed by atoms with Crippen LogP contribution in [-0.2, 0) is 15.8 Å². The third kappa shape index (κ3) is 4.01. The van der Waals surface area contributed by atoms with Gasteiger partial charge in [0, 0.05) is 17.1 Å². The lowest BCUT2D eigenvalue weighted by molar-refractivity contribution is -0.147. The highest BCUT2D eigenvalue weighted by Gasteiger charge is 2.36. The van der Waals surface area contributed by atoms with Gasteiger partial charge in [-0.15, -0.1) is 0 Å². The fourth-order valence-corrected chi connectivity index (χ4v) is 3.15. The largest absolute Gasteiger partial charge is 0.418 e. The highest BCUT2D eigenvalue weighted by atomic mass is 35.5. The Morgan fingerprint density at radius 1 is 1.21 bits per heavy atom. The molecule has 1 fully saturated rings. The SMILES string of the molecule is CC1CCCC(C)N1C(=O)C(=O)Nc1ccc(Cl)cc1C(F)(F)F. The van der Waals surface area contributed by atoms with Crippen molar-refractivity contribution in [2.24, 2.45) is 0 Å². The quantitative estimate of drug-likeness (QED) is 0.765. The minimum Gasteiger partial charge on any atom is -0.329 e. The van der Waals surface area contributed by atoms with Crippen LogP contribution in [0.3, 0.4) is 0 Å². The number of hydrogen-bond acceptors (Lipinski definition) is 2. The highest BCUT2D eigenvalue weighted by Crippen LogP contribution is 2.36. The van der Waals surface area contributed by atoms with Gasteiger partial charge < -0.3 is 10.2 Å². The van der Waals surface area contributed by atoms with Crippen molar-refractivity contribution in [3.63, 3.8) is 0 Å². The van der Waals surface area contributed by atoms with E-state index in [1.807, 2.05) is 13.8 Å². The fourth-order valence-electron chi connectivity index (χ4n) is 2.97. The van der Waals surface area contributed by atoms with Crippen LogP contribution in [-0.4, -0.2) is 28.8 Å². The van der Waals surface area contributed by atoms with Gasteiger partial charge in [0.05, 0.1) is 11.3 Å². The smallest absolute Gasteiger partial charge is 0.329 e. The average Bonchev–Trinajstić information content (AvgIpc) is 2.47. The van der Waals surface area contributed by atoms with E-state index < -0.39 is 29.2 Å². The first-order valence-electron chi connectivity index (χ1n) is 7.61. The van der Waals surface area contributed by atoms with Gasteiger partial charge in [0.1, 0.15) is 0 Å². The number of halogens is 4. The van der Waals surface area contributed by atoms with E-state index >= 15 is 0 Å². The number of carbonyl (C=O) groups is 2. The van der Waals surface area contributed by atoms with Crippen molar-refractivity contribution in [1.82, 2.24) is 4.90 Å². The predicted molar refractivity (Wildman–Crippen MR) is 84.7 cm³/mol. The van der Waals surface area contributed by atoms with Crippen LogP contribution in [0.2, 0.25) is 5.02 Å². The van der Waals surface area contributed by atoms with Gasteiger partial charge in [-0.05, 0) is 51.3 Å². The van der Waals surface area contributed by atoms with Crippen molar-refractivity contribution < 1.29 is 22.8 Å². The maximum Gasteiger partial charge on any atom is 0.418 e. The topological polar surface area (TPSA) is 49.4 Å². The first-order chi connectivity index (χ1) is 11.1. The van der Waals surface area contributed by atoms with Crippen LogP contribution in [0.25, 0.3) is 0 Å². The zero-order valence-electron chi connectivity index (χ0n) is 13.3. The van der Waals surface area contributed by atoms with Crippen molar-refractivity contribution in [3.8, 4) is 0 Å². The van der Waals surface area contributed by atoms with Crippen LogP contribution in [0.5, 0.6) is 0 Å². The third-order valence-electron chi connectivity index (χ3n) is 4.16. The van der Waals surface area contributed by atoms with Gasteiger partial charge in [-0.2, -0.15) is 13.2 Å². The molecule has 1 heterocycles. The number of nitrogens with one attached hydrogen (secondary N) is 1. The number of hydrogen-bond donors (Lipinski definition) is 1. The van der Waals surface area contributed by atoms with Gasteiger partial charge in [0.15, 0.2) is 0 Å². The Morgan fingerprint density at radius 2 is 1.79 bits per heavy atom. The Morgan fingerprint density at radius 3 is 2.33 bits per heavy atom. The molecule has 0 spiro atoms. The molecule has 0 aliphatic carbocycles.